The van der Waals surface area contributed by atoms with Crippen LogP contribution in [0.4, 0.5) is 10.5 Å². The van der Waals surface area contributed by atoms with Crippen molar-refractivity contribution in [3.05, 3.63) is 76.7 Å². The van der Waals surface area contributed by atoms with E-state index in [0.717, 1.165) is 16.8 Å². The fourth-order valence-corrected chi connectivity index (χ4v) is 4.60. The number of urea groups is 1. The molecule has 5 heteroatoms. The minimum absolute atomic E-state index is 0.0819. The van der Waals surface area contributed by atoms with Gasteiger partial charge < -0.3 is 0 Å². The van der Waals surface area contributed by atoms with E-state index in [0.29, 0.717) is 12.2 Å². The normalized spacial score (nSPS) is 19.2. The molecule has 4 rings (SSSR count). The summed E-state index contributed by atoms with van der Waals surface area (Å²) in [5.41, 5.74) is 4.79. The third-order valence-electron chi connectivity index (χ3n) is 5.32. The topological polar surface area (TPSA) is 40.4 Å². The minimum Gasteiger partial charge on any atom is -0.244 e. The molecular weight excluding hydrogens is 380 g/mol. The fraction of sp³-hybridized carbons (Fsp3) is 0.292. The van der Waals surface area contributed by atoms with Crippen molar-refractivity contribution in [2.45, 2.75) is 44.9 Å². The summed E-state index contributed by atoms with van der Waals surface area (Å²) in [6.07, 6.45) is 1.89. The minimum atomic E-state index is -0.373. The van der Waals surface area contributed by atoms with Gasteiger partial charge >= 0.3 is 11.9 Å². The Hall–Kier alpha value is -2.66. The molecule has 2 aliphatic rings. The van der Waals surface area contributed by atoms with Crippen molar-refractivity contribution < 1.29 is 14.2 Å². The number of carbonyl (C=O) groups excluding carboxylic acids is 2. The summed E-state index contributed by atoms with van der Waals surface area (Å²) in [6.45, 7) is 8.95. The van der Waals surface area contributed by atoms with Crippen LogP contribution in [0.2, 0.25) is 0 Å². The molecule has 148 valence electrons. The molecular formula is C24H25N2O2S+. The standard InChI is InChI=1S/C24H25N2O2S/c1-16-6-5-7-19(14-16)26-22(27)21-20(12-13-29-21)25(23(26)28)15-17-8-10-18(11-9-17)24(2,3)4/h5-14,21H,15H2,1-4H3/q+1. The number of benzene rings is 2. The molecule has 0 saturated heterocycles. The van der Waals surface area contributed by atoms with Gasteiger partial charge in [-0.05, 0) is 52.6 Å². The van der Waals surface area contributed by atoms with E-state index >= 15 is 0 Å². The summed E-state index contributed by atoms with van der Waals surface area (Å²) >= 11 is 1.46. The van der Waals surface area contributed by atoms with Crippen molar-refractivity contribution in [1.29, 1.82) is 0 Å². The summed E-state index contributed by atoms with van der Waals surface area (Å²) in [5, 5.41) is 1.53. The number of anilines is 1. The van der Waals surface area contributed by atoms with Gasteiger partial charge in [-0.2, -0.15) is 9.37 Å². The fourth-order valence-electron chi connectivity index (χ4n) is 3.66. The highest BCUT2D eigenvalue weighted by atomic mass is 32.2. The predicted octanol–water partition coefficient (Wildman–Crippen LogP) is 5.04. The molecule has 2 aromatic rings. The molecule has 1 unspecified atom stereocenters. The number of thioether (sulfide) groups is 1. The lowest BCUT2D eigenvalue weighted by atomic mass is 9.87. The van der Waals surface area contributed by atoms with Crippen molar-refractivity contribution in [2.24, 2.45) is 0 Å². The van der Waals surface area contributed by atoms with Crippen molar-refractivity contribution in [3.63, 3.8) is 0 Å². The zero-order valence-electron chi connectivity index (χ0n) is 17.2. The molecule has 0 aromatic heterocycles. The Morgan fingerprint density at radius 1 is 1.07 bits per heavy atom. The Labute approximate surface area is 175 Å². The number of allylic oxidation sites excluding steroid dienone is 1. The maximum Gasteiger partial charge on any atom is 0.506 e. The smallest absolute Gasteiger partial charge is 0.244 e. The first kappa shape index (κ1) is 19.6. The zero-order valence-corrected chi connectivity index (χ0v) is 18.0. The van der Waals surface area contributed by atoms with Crippen LogP contribution in [0.1, 0.15) is 37.5 Å². The van der Waals surface area contributed by atoms with Crippen molar-refractivity contribution in [1.82, 2.24) is 0 Å². The number of aryl methyl sites for hydroxylation is 1. The van der Waals surface area contributed by atoms with Crippen LogP contribution >= 0.6 is 11.8 Å². The van der Waals surface area contributed by atoms with Crippen LogP contribution in [-0.4, -0.2) is 27.5 Å². The Morgan fingerprint density at radius 2 is 1.79 bits per heavy atom. The monoisotopic (exact) mass is 405 g/mol. The van der Waals surface area contributed by atoms with E-state index in [2.05, 4.69) is 45.0 Å². The van der Waals surface area contributed by atoms with E-state index in [9.17, 15) is 9.59 Å². The quantitative estimate of drug-likeness (QED) is 0.672. The third kappa shape index (κ3) is 3.67. The van der Waals surface area contributed by atoms with E-state index in [4.69, 9.17) is 0 Å². The molecule has 1 atom stereocenters. The van der Waals surface area contributed by atoms with Gasteiger partial charge in [-0.1, -0.05) is 57.2 Å². The first-order valence-electron chi connectivity index (χ1n) is 9.76. The number of carbonyl (C=O) groups is 2. The van der Waals surface area contributed by atoms with Gasteiger partial charge in [0.15, 0.2) is 5.25 Å². The summed E-state index contributed by atoms with van der Waals surface area (Å²) in [5.74, 6) is -0.176. The van der Waals surface area contributed by atoms with Crippen LogP contribution in [0.3, 0.4) is 0 Å². The van der Waals surface area contributed by atoms with Crippen LogP contribution < -0.4 is 4.90 Å². The maximum absolute atomic E-state index is 13.4. The Bertz CT molecular complexity index is 1050. The van der Waals surface area contributed by atoms with Crippen LogP contribution in [0.5, 0.6) is 0 Å². The summed E-state index contributed by atoms with van der Waals surface area (Å²) in [7, 11) is 0. The number of hydrogen-bond acceptors (Lipinski definition) is 3. The molecule has 0 aliphatic carbocycles. The summed E-state index contributed by atoms with van der Waals surface area (Å²) in [4.78, 5) is 27.8. The molecule has 2 aliphatic heterocycles. The molecule has 0 fully saturated rings. The van der Waals surface area contributed by atoms with E-state index < -0.39 is 0 Å². The van der Waals surface area contributed by atoms with Crippen molar-refractivity contribution in [3.8, 4) is 0 Å². The number of fused-ring (bicyclic) bond motifs is 1. The highest BCUT2D eigenvalue weighted by Crippen LogP contribution is 2.31. The predicted molar refractivity (Wildman–Crippen MR) is 119 cm³/mol. The molecule has 2 aromatic carbocycles. The Balaban J connectivity index is 1.71. The second kappa shape index (κ2) is 7.30. The molecule has 0 radical (unpaired) electrons. The van der Waals surface area contributed by atoms with E-state index in [1.54, 1.807) is 4.58 Å². The first-order chi connectivity index (χ1) is 13.8. The largest absolute Gasteiger partial charge is 0.506 e. The molecule has 4 nitrogen and oxygen atoms in total. The van der Waals surface area contributed by atoms with Gasteiger partial charge in [0.1, 0.15) is 17.9 Å². The lowest BCUT2D eigenvalue weighted by Crippen LogP contribution is -2.55. The number of nitrogens with zero attached hydrogens (tertiary/aromatic N) is 2. The number of hydrogen-bond donors (Lipinski definition) is 0. The highest BCUT2D eigenvalue weighted by molar-refractivity contribution is 8.04. The molecule has 0 spiro atoms. The summed E-state index contributed by atoms with van der Waals surface area (Å²) in [6, 6.07) is 15.6. The van der Waals surface area contributed by atoms with Crippen LogP contribution in [0, 0.1) is 6.92 Å². The lowest BCUT2D eigenvalue weighted by molar-refractivity contribution is -0.444. The van der Waals surface area contributed by atoms with Gasteiger partial charge in [-0.25, -0.2) is 4.79 Å². The van der Waals surface area contributed by atoms with E-state index in [1.165, 1.54) is 22.2 Å². The van der Waals surface area contributed by atoms with Crippen LogP contribution in [0.25, 0.3) is 0 Å². The summed E-state index contributed by atoms with van der Waals surface area (Å²) < 4.78 is 1.73. The first-order valence-corrected chi connectivity index (χ1v) is 10.7. The molecule has 3 amide bonds. The van der Waals surface area contributed by atoms with E-state index in [1.807, 2.05) is 42.7 Å². The second-order valence-corrected chi connectivity index (χ2v) is 9.59. The molecule has 0 saturated carbocycles. The lowest BCUT2D eigenvalue weighted by Gasteiger charge is -2.24. The SMILES string of the molecule is Cc1cccc(N2C(=O)C3SC=CC3=[N+](Cc3ccc(C(C)(C)C)cc3)C2=O)c1. The van der Waals surface area contributed by atoms with Gasteiger partial charge in [-0.15, -0.1) is 16.7 Å². The van der Waals surface area contributed by atoms with Gasteiger partial charge in [0.25, 0.3) is 0 Å². The van der Waals surface area contributed by atoms with Crippen molar-refractivity contribution >= 4 is 35.1 Å². The average Bonchev–Trinajstić information content (AvgIpc) is 3.15. The molecule has 29 heavy (non-hydrogen) atoms. The van der Waals surface area contributed by atoms with E-state index in [-0.39, 0.29) is 22.6 Å². The molecule has 0 N–H and O–H groups in total. The van der Waals surface area contributed by atoms with Gasteiger partial charge in [0.2, 0.25) is 0 Å². The number of amides is 3. The highest BCUT2D eigenvalue weighted by Gasteiger charge is 2.50. The number of imide groups is 1. The van der Waals surface area contributed by atoms with Crippen LogP contribution in [-0.2, 0) is 16.8 Å². The average molecular weight is 406 g/mol. The molecule has 0 bridgehead atoms. The van der Waals surface area contributed by atoms with Crippen molar-refractivity contribution in [2.75, 3.05) is 4.90 Å². The van der Waals surface area contributed by atoms with Crippen LogP contribution in [0.15, 0.2) is 60.0 Å². The van der Waals surface area contributed by atoms with Gasteiger partial charge in [0, 0.05) is 0 Å². The van der Waals surface area contributed by atoms with Gasteiger partial charge in [0.05, 0.1) is 0 Å². The number of rotatable bonds is 3. The maximum atomic E-state index is 13.4. The second-order valence-electron chi connectivity index (χ2n) is 8.57. The Kier molecular flexibility index (Phi) is 4.95. The Morgan fingerprint density at radius 3 is 2.45 bits per heavy atom. The molecule has 2 heterocycles. The zero-order chi connectivity index (χ0) is 20.8. The van der Waals surface area contributed by atoms with Gasteiger partial charge in [-0.3, -0.25) is 0 Å². The third-order valence-corrected chi connectivity index (χ3v) is 6.33.